The fraction of sp³-hybridized carbons (Fsp3) is 0.333. The van der Waals surface area contributed by atoms with Crippen molar-refractivity contribution in [1.82, 2.24) is 14.8 Å². The molecule has 174 valence electrons. The molecule has 0 saturated carbocycles. The first-order chi connectivity index (χ1) is 16.1. The van der Waals surface area contributed by atoms with E-state index in [0.717, 1.165) is 41.6 Å². The van der Waals surface area contributed by atoms with Crippen LogP contribution < -0.4 is 19.5 Å². The number of rotatable bonds is 7. The molecule has 8 nitrogen and oxygen atoms in total. The molecule has 2 aromatic carbocycles. The number of aromatic nitrogens is 1. The van der Waals surface area contributed by atoms with Crippen LogP contribution in [0.4, 0.5) is 10.5 Å². The summed E-state index contributed by atoms with van der Waals surface area (Å²) in [5.41, 5.74) is 2.65. The molecular weight excluding hydrogens is 440 g/mol. The van der Waals surface area contributed by atoms with E-state index in [1.807, 2.05) is 29.2 Å². The quantitative estimate of drug-likeness (QED) is 0.561. The van der Waals surface area contributed by atoms with E-state index in [0.29, 0.717) is 30.3 Å². The van der Waals surface area contributed by atoms with Gasteiger partial charge in [-0.2, -0.15) is 0 Å². The second-order valence-electron chi connectivity index (χ2n) is 7.65. The number of amides is 2. The first-order valence-electron chi connectivity index (χ1n) is 10.7. The van der Waals surface area contributed by atoms with Gasteiger partial charge in [-0.25, -0.2) is 9.78 Å². The number of carbonyl (C=O) groups excluding carboxylic acids is 1. The second kappa shape index (κ2) is 10.5. The van der Waals surface area contributed by atoms with Gasteiger partial charge in [0.1, 0.15) is 22.3 Å². The van der Waals surface area contributed by atoms with Gasteiger partial charge < -0.3 is 24.4 Å². The topological polar surface area (TPSA) is 76.2 Å². The Morgan fingerprint density at radius 3 is 2.33 bits per heavy atom. The van der Waals surface area contributed by atoms with E-state index in [1.54, 1.807) is 50.9 Å². The molecule has 1 aliphatic rings. The van der Waals surface area contributed by atoms with Gasteiger partial charge in [0.05, 0.1) is 33.6 Å². The molecule has 1 aromatic heterocycles. The van der Waals surface area contributed by atoms with Crippen LogP contribution >= 0.6 is 11.3 Å². The van der Waals surface area contributed by atoms with Crippen molar-refractivity contribution >= 4 is 23.1 Å². The summed E-state index contributed by atoms with van der Waals surface area (Å²) >= 11 is 1.66. The Hall–Kier alpha value is -3.30. The highest BCUT2D eigenvalue weighted by molar-refractivity contribution is 7.09. The highest BCUT2D eigenvalue weighted by Gasteiger charge is 2.22. The molecular formula is C24H28N4O4S. The second-order valence-corrected chi connectivity index (χ2v) is 8.60. The van der Waals surface area contributed by atoms with Gasteiger partial charge >= 0.3 is 6.03 Å². The molecule has 1 aliphatic heterocycles. The Kier molecular flexibility index (Phi) is 7.31. The van der Waals surface area contributed by atoms with Crippen LogP contribution in [-0.2, 0) is 6.54 Å². The summed E-state index contributed by atoms with van der Waals surface area (Å²) in [5.74, 6) is 2.08. The van der Waals surface area contributed by atoms with Crippen molar-refractivity contribution in [1.29, 1.82) is 0 Å². The zero-order valence-corrected chi connectivity index (χ0v) is 19.9. The maximum atomic E-state index is 12.7. The molecule has 0 bridgehead atoms. The zero-order valence-electron chi connectivity index (χ0n) is 19.0. The maximum absolute atomic E-state index is 12.7. The van der Waals surface area contributed by atoms with Crippen LogP contribution in [0.1, 0.15) is 5.01 Å². The summed E-state index contributed by atoms with van der Waals surface area (Å²) in [7, 11) is 4.84. The molecule has 3 aromatic rings. The molecule has 4 rings (SSSR count). The van der Waals surface area contributed by atoms with Crippen LogP contribution in [-0.4, -0.2) is 68.3 Å². The minimum Gasteiger partial charge on any atom is -0.497 e. The number of nitrogens with zero attached hydrogens (tertiary/aromatic N) is 3. The lowest BCUT2D eigenvalue weighted by Gasteiger charge is -2.34. The molecule has 0 unspecified atom stereocenters. The van der Waals surface area contributed by atoms with E-state index in [9.17, 15) is 4.79 Å². The predicted octanol–water partition coefficient (Wildman–Crippen LogP) is 4.19. The average Bonchev–Trinajstić information content (AvgIpc) is 3.32. The number of carbonyl (C=O) groups is 1. The molecule has 33 heavy (non-hydrogen) atoms. The standard InChI is InChI=1S/C24H28N4O4S/c1-30-19-6-4-5-17(11-19)22-16-33-23(26-22)15-27-7-9-28(10-8-27)24(29)25-18-12-20(31-2)14-21(13-18)32-3/h4-6,11-14,16H,7-10,15H2,1-3H3,(H,25,29). The molecule has 0 radical (unpaired) electrons. The van der Waals surface area contributed by atoms with Crippen LogP contribution in [0.2, 0.25) is 0 Å². The SMILES string of the molecule is COc1cc(NC(=O)N2CCN(Cc3nc(-c4cccc(OC)c4)cs3)CC2)cc(OC)c1. The van der Waals surface area contributed by atoms with Gasteiger partial charge in [0.2, 0.25) is 0 Å². The van der Waals surface area contributed by atoms with E-state index < -0.39 is 0 Å². The average molecular weight is 469 g/mol. The van der Waals surface area contributed by atoms with Crippen molar-refractivity contribution < 1.29 is 19.0 Å². The van der Waals surface area contributed by atoms with Gasteiger partial charge in [0.15, 0.2) is 0 Å². The number of methoxy groups -OCH3 is 3. The van der Waals surface area contributed by atoms with Crippen molar-refractivity contribution in [2.45, 2.75) is 6.54 Å². The van der Waals surface area contributed by atoms with Crippen LogP contribution in [0.15, 0.2) is 47.8 Å². The summed E-state index contributed by atoms with van der Waals surface area (Å²) in [5, 5.41) is 6.09. The third kappa shape index (κ3) is 5.74. The Bertz CT molecular complexity index is 1070. The van der Waals surface area contributed by atoms with Crippen molar-refractivity contribution in [3.8, 4) is 28.5 Å². The molecule has 9 heteroatoms. The lowest BCUT2D eigenvalue weighted by molar-refractivity contribution is 0.143. The Morgan fingerprint density at radius 2 is 1.67 bits per heavy atom. The third-order valence-electron chi connectivity index (χ3n) is 5.54. The Balaban J connectivity index is 1.30. The third-order valence-corrected chi connectivity index (χ3v) is 6.37. The minimum atomic E-state index is -0.125. The van der Waals surface area contributed by atoms with Crippen molar-refractivity contribution in [3.05, 3.63) is 52.9 Å². The summed E-state index contributed by atoms with van der Waals surface area (Å²) < 4.78 is 15.9. The van der Waals surface area contributed by atoms with Gasteiger partial charge in [0, 0.05) is 61.0 Å². The summed E-state index contributed by atoms with van der Waals surface area (Å²) in [4.78, 5) is 21.7. The molecule has 1 saturated heterocycles. The van der Waals surface area contributed by atoms with Gasteiger partial charge in [0.25, 0.3) is 0 Å². The normalized spacial score (nSPS) is 14.1. The first-order valence-corrected chi connectivity index (χ1v) is 11.6. The number of anilines is 1. The molecule has 1 fully saturated rings. The van der Waals surface area contributed by atoms with Gasteiger partial charge in [-0.05, 0) is 12.1 Å². The molecule has 0 aliphatic carbocycles. The zero-order chi connectivity index (χ0) is 23.2. The predicted molar refractivity (Wildman–Crippen MR) is 130 cm³/mol. The lowest BCUT2D eigenvalue weighted by atomic mass is 10.2. The highest BCUT2D eigenvalue weighted by Crippen LogP contribution is 2.27. The van der Waals surface area contributed by atoms with Gasteiger partial charge in [-0.15, -0.1) is 11.3 Å². The number of thiazole rings is 1. The molecule has 2 heterocycles. The van der Waals surface area contributed by atoms with Crippen molar-refractivity contribution in [2.24, 2.45) is 0 Å². The van der Waals surface area contributed by atoms with Crippen molar-refractivity contribution in [2.75, 3.05) is 52.8 Å². The largest absolute Gasteiger partial charge is 0.497 e. The number of ether oxygens (including phenoxy) is 3. The monoisotopic (exact) mass is 468 g/mol. The number of nitrogens with one attached hydrogen (secondary N) is 1. The lowest BCUT2D eigenvalue weighted by Crippen LogP contribution is -2.49. The fourth-order valence-corrected chi connectivity index (χ4v) is 4.53. The van der Waals surface area contributed by atoms with E-state index in [1.165, 1.54) is 0 Å². The van der Waals surface area contributed by atoms with Gasteiger partial charge in [-0.3, -0.25) is 4.90 Å². The maximum Gasteiger partial charge on any atom is 0.321 e. The van der Waals surface area contributed by atoms with Crippen LogP contribution in [0, 0.1) is 0 Å². The van der Waals surface area contributed by atoms with Crippen LogP contribution in [0.5, 0.6) is 17.2 Å². The first kappa shape index (κ1) is 22.9. The van der Waals surface area contributed by atoms with Crippen LogP contribution in [0.25, 0.3) is 11.3 Å². The van der Waals surface area contributed by atoms with Gasteiger partial charge in [-0.1, -0.05) is 12.1 Å². The molecule has 0 spiro atoms. The highest BCUT2D eigenvalue weighted by atomic mass is 32.1. The Labute approximate surface area is 197 Å². The van der Waals surface area contributed by atoms with Crippen molar-refractivity contribution in [3.63, 3.8) is 0 Å². The Morgan fingerprint density at radius 1 is 0.970 bits per heavy atom. The van der Waals surface area contributed by atoms with E-state index in [4.69, 9.17) is 19.2 Å². The minimum absolute atomic E-state index is 0.125. The number of piperazine rings is 1. The summed E-state index contributed by atoms with van der Waals surface area (Å²) in [6, 6.07) is 13.1. The van der Waals surface area contributed by atoms with E-state index in [2.05, 4.69) is 15.6 Å². The number of hydrogen-bond acceptors (Lipinski definition) is 7. The summed E-state index contributed by atoms with van der Waals surface area (Å²) in [6.07, 6.45) is 0. The molecule has 2 amide bonds. The number of benzene rings is 2. The smallest absolute Gasteiger partial charge is 0.321 e. The summed E-state index contributed by atoms with van der Waals surface area (Å²) in [6.45, 7) is 3.67. The number of hydrogen-bond donors (Lipinski definition) is 1. The van der Waals surface area contributed by atoms with E-state index >= 15 is 0 Å². The molecule has 1 N–H and O–H groups in total. The number of urea groups is 1. The van der Waals surface area contributed by atoms with Crippen LogP contribution in [0.3, 0.4) is 0 Å². The molecule has 0 atom stereocenters. The fourth-order valence-electron chi connectivity index (χ4n) is 3.68. The van der Waals surface area contributed by atoms with E-state index in [-0.39, 0.29) is 6.03 Å².